The van der Waals surface area contributed by atoms with E-state index in [0.29, 0.717) is 0 Å². The van der Waals surface area contributed by atoms with E-state index >= 15 is 0 Å². The molecule has 0 aliphatic carbocycles. The number of nitrogens with two attached hydrogens (primary N) is 1. The summed E-state index contributed by atoms with van der Waals surface area (Å²) in [7, 11) is 0. The normalized spacial score (nSPS) is 13.6. The van der Waals surface area contributed by atoms with Gasteiger partial charge in [0.15, 0.2) is 0 Å². The minimum absolute atomic E-state index is 0.120. The first-order valence-electron chi connectivity index (χ1n) is 5.09. The molecule has 0 amide bonds. The second-order valence-electron chi connectivity index (χ2n) is 3.65. The van der Waals surface area contributed by atoms with E-state index in [4.69, 9.17) is 5.73 Å². The third kappa shape index (κ3) is 3.51. The summed E-state index contributed by atoms with van der Waals surface area (Å²) in [5, 5.41) is 3.85. The molecule has 0 spiro atoms. The third-order valence-electron chi connectivity index (χ3n) is 2.38. The van der Waals surface area contributed by atoms with Gasteiger partial charge in [0.2, 0.25) is 0 Å². The Morgan fingerprint density at radius 3 is 2.22 bits per heavy atom. The summed E-state index contributed by atoms with van der Waals surface area (Å²) in [5.41, 5.74) is 3.54. The van der Waals surface area contributed by atoms with Crippen molar-refractivity contribution in [2.75, 3.05) is 0 Å². The van der Waals surface area contributed by atoms with Gasteiger partial charge in [0.1, 0.15) is 0 Å². The number of rotatable bonds is 3. The molecule has 0 fully saturated rings. The highest BCUT2D eigenvalue weighted by Crippen LogP contribution is 2.37. The zero-order chi connectivity index (χ0) is 13.2. The van der Waals surface area contributed by atoms with Crippen LogP contribution < -0.4 is 5.73 Å². The Hall–Kier alpha value is -0.980. The van der Waals surface area contributed by atoms with Gasteiger partial charge in [-0.05, 0) is 51.8 Å². The average Bonchev–Trinajstić information content (AvgIpc) is 2.80. The molecule has 1 nitrogen and oxygen atoms in total. The quantitative estimate of drug-likeness (QED) is 0.847. The second kappa shape index (κ2) is 5.34. The molecule has 0 saturated heterocycles. The maximum absolute atomic E-state index is 12.2. The molecule has 2 aromatic rings. The molecule has 96 valence electrons. The fourth-order valence-electron chi connectivity index (χ4n) is 1.52. The number of alkyl halides is 3. The lowest BCUT2D eigenvalue weighted by Crippen LogP contribution is -2.10. The maximum atomic E-state index is 12.2. The van der Waals surface area contributed by atoms with Crippen LogP contribution in [0.1, 0.15) is 17.2 Å². The summed E-state index contributed by atoms with van der Waals surface area (Å²) in [4.78, 5) is 0.170. The molecule has 0 saturated carbocycles. The van der Waals surface area contributed by atoms with Crippen LogP contribution in [0.3, 0.4) is 0 Å². The van der Waals surface area contributed by atoms with Gasteiger partial charge < -0.3 is 5.73 Å². The van der Waals surface area contributed by atoms with E-state index in [1.54, 1.807) is 23.5 Å². The van der Waals surface area contributed by atoms with Crippen LogP contribution in [0.4, 0.5) is 13.2 Å². The summed E-state index contributed by atoms with van der Waals surface area (Å²) < 4.78 is 36.5. The Bertz CT molecular complexity index is 491. The van der Waals surface area contributed by atoms with Crippen LogP contribution in [-0.2, 0) is 0 Å². The van der Waals surface area contributed by atoms with E-state index in [2.05, 4.69) is 0 Å². The Balaban J connectivity index is 2.13. The van der Waals surface area contributed by atoms with E-state index in [9.17, 15) is 13.2 Å². The standard InChI is InChI=1S/C12H10F3NS2/c13-12(14,15)18-10-3-1-8(2-4-10)11(16)9-5-6-17-7-9/h1-7,11H,16H2/t11-/m1/s1. The van der Waals surface area contributed by atoms with Crippen molar-refractivity contribution in [2.45, 2.75) is 16.4 Å². The van der Waals surface area contributed by atoms with Crippen LogP contribution in [0.15, 0.2) is 46.0 Å². The van der Waals surface area contributed by atoms with Gasteiger partial charge in [0.25, 0.3) is 0 Å². The van der Waals surface area contributed by atoms with Gasteiger partial charge in [-0.3, -0.25) is 0 Å². The molecule has 1 aromatic carbocycles. The molecule has 0 aliphatic heterocycles. The predicted octanol–water partition coefficient (Wildman–Crippen LogP) is 4.41. The molecule has 18 heavy (non-hydrogen) atoms. The molecule has 0 radical (unpaired) electrons. The van der Waals surface area contributed by atoms with Crippen LogP contribution in [-0.4, -0.2) is 5.51 Å². The smallest absolute Gasteiger partial charge is 0.320 e. The van der Waals surface area contributed by atoms with Gasteiger partial charge in [0, 0.05) is 4.90 Å². The van der Waals surface area contributed by atoms with E-state index in [1.165, 1.54) is 12.1 Å². The van der Waals surface area contributed by atoms with Crippen molar-refractivity contribution in [1.29, 1.82) is 0 Å². The van der Waals surface area contributed by atoms with Gasteiger partial charge in [-0.2, -0.15) is 24.5 Å². The molecule has 0 unspecified atom stereocenters. The minimum atomic E-state index is -4.25. The van der Waals surface area contributed by atoms with Gasteiger partial charge in [-0.15, -0.1) is 0 Å². The molecule has 2 N–H and O–H groups in total. The van der Waals surface area contributed by atoms with Crippen LogP contribution in [0.25, 0.3) is 0 Å². The summed E-state index contributed by atoms with van der Waals surface area (Å²) in [6.45, 7) is 0. The molecular weight excluding hydrogens is 279 g/mol. The Labute approximate surface area is 111 Å². The highest BCUT2D eigenvalue weighted by molar-refractivity contribution is 8.00. The number of hydrogen-bond donors (Lipinski definition) is 1. The maximum Gasteiger partial charge on any atom is 0.446 e. The molecule has 1 heterocycles. The number of benzene rings is 1. The SMILES string of the molecule is N[C@H](c1ccc(SC(F)(F)F)cc1)c1ccsc1. The van der Waals surface area contributed by atoms with E-state index in [0.717, 1.165) is 11.1 Å². The van der Waals surface area contributed by atoms with Crippen LogP contribution in [0, 0.1) is 0 Å². The Morgan fingerprint density at radius 2 is 1.72 bits per heavy atom. The number of halogens is 3. The van der Waals surface area contributed by atoms with E-state index < -0.39 is 5.51 Å². The fraction of sp³-hybridized carbons (Fsp3) is 0.167. The van der Waals surface area contributed by atoms with E-state index in [1.807, 2.05) is 16.8 Å². The first kappa shape index (κ1) is 13.5. The number of thiophene rings is 1. The first-order valence-corrected chi connectivity index (χ1v) is 6.85. The highest BCUT2D eigenvalue weighted by Gasteiger charge is 2.29. The molecule has 1 atom stereocenters. The minimum Gasteiger partial charge on any atom is -0.320 e. The largest absolute Gasteiger partial charge is 0.446 e. The summed E-state index contributed by atoms with van der Waals surface area (Å²) >= 11 is 1.42. The van der Waals surface area contributed by atoms with Crippen molar-refractivity contribution in [2.24, 2.45) is 5.73 Å². The molecule has 0 aliphatic rings. The van der Waals surface area contributed by atoms with Crippen LogP contribution in [0.5, 0.6) is 0 Å². The Morgan fingerprint density at radius 1 is 1.06 bits per heavy atom. The zero-order valence-electron chi connectivity index (χ0n) is 9.15. The van der Waals surface area contributed by atoms with Crippen molar-refractivity contribution in [3.63, 3.8) is 0 Å². The highest BCUT2D eigenvalue weighted by atomic mass is 32.2. The van der Waals surface area contributed by atoms with Crippen LogP contribution in [0.2, 0.25) is 0 Å². The van der Waals surface area contributed by atoms with Crippen molar-refractivity contribution in [1.82, 2.24) is 0 Å². The van der Waals surface area contributed by atoms with Gasteiger partial charge in [0.05, 0.1) is 6.04 Å². The molecule has 6 heteroatoms. The Kier molecular flexibility index (Phi) is 3.99. The van der Waals surface area contributed by atoms with Crippen molar-refractivity contribution in [3.05, 3.63) is 52.2 Å². The topological polar surface area (TPSA) is 26.0 Å². The van der Waals surface area contributed by atoms with Crippen molar-refractivity contribution < 1.29 is 13.2 Å². The molecular formula is C12H10F3NS2. The van der Waals surface area contributed by atoms with Crippen molar-refractivity contribution >= 4 is 23.1 Å². The number of hydrogen-bond acceptors (Lipinski definition) is 3. The van der Waals surface area contributed by atoms with Gasteiger partial charge in [-0.25, -0.2) is 0 Å². The third-order valence-corrected chi connectivity index (χ3v) is 3.82. The first-order chi connectivity index (χ1) is 8.46. The fourth-order valence-corrected chi connectivity index (χ4v) is 2.76. The second-order valence-corrected chi connectivity index (χ2v) is 5.57. The molecule has 1 aromatic heterocycles. The monoisotopic (exact) mass is 289 g/mol. The molecule has 0 bridgehead atoms. The van der Waals surface area contributed by atoms with Crippen LogP contribution >= 0.6 is 23.1 Å². The predicted molar refractivity (Wildman–Crippen MR) is 68.7 cm³/mol. The number of thioether (sulfide) groups is 1. The van der Waals surface area contributed by atoms with Crippen molar-refractivity contribution in [3.8, 4) is 0 Å². The average molecular weight is 289 g/mol. The lowest BCUT2D eigenvalue weighted by Gasteiger charge is -2.11. The lowest BCUT2D eigenvalue weighted by molar-refractivity contribution is -0.0328. The summed E-state index contributed by atoms with van der Waals surface area (Å²) in [6.07, 6.45) is 0. The van der Waals surface area contributed by atoms with Gasteiger partial charge in [-0.1, -0.05) is 12.1 Å². The summed E-state index contributed by atoms with van der Waals surface area (Å²) in [6, 6.07) is 7.78. The van der Waals surface area contributed by atoms with E-state index in [-0.39, 0.29) is 22.7 Å². The zero-order valence-corrected chi connectivity index (χ0v) is 10.8. The van der Waals surface area contributed by atoms with Gasteiger partial charge >= 0.3 is 5.51 Å². The summed E-state index contributed by atoms with van der Waals surface area (Å²) in [5.74, 6) is 0. The lowest BCUT2D eigenvalue weighted by atomic mass is 10.0. The molecule has 2 rings (SSSR count).